The molecule has 1 fully saturated rings. The number of amides is 1. The molecule has 3 heterocycles. The maximum atomic E-state index is 14.9. The largest absolute Gasteiger partial charge is 0.443 e. The molecule has 9 nitrogen and oxygen atoms in total. The van der Waals surface area contributed by atoms with E-state index in [-0.39, 0.29) is 23.2 Å². The van der Waals surface area contributed by atoms with Gasteiger partial charge >= 0.3 is 12.3 Å². The molecule has 3 aromatic rings. The molecule has 0 radical (unpaired) electrons. The van der Waals surface area contributed by atoms with Crippen molar-refractivity contribution in [3.8, 4) is 0 Å². The molecule has 0 saturated heterocycles. The van der Waals surface area contributed by atoms with Crippen LogP contribution in [0.2, 0.25) is 0 Å². The molecule has 0 bridgehead atoms. The zero-order chi connectivity index (χ0) is 23.0. The molecule has 3 N–H and O–H groups in total. The number of alkyl halides is 4. The highest BCUT2D eigenvalue weighted by molar-refractivity contribution is 5.72. The number of rotatable bonds is 5. The van der Waals surface area contributed by atoms with E-state index in [0.29, 0.717) is 18.5 Å². The molecular weight excluding hydrogens is 434 g/mol. The quantitative estimate of drug-likeness (QED) is 0.503. The number of nitrogens with one attached hydrogen (secondary N) is 3. The van der Waals surface area contributed by atoms with Gasteiger partial charge < -0.3 is 15.4 Å². The Labute approximate surface area is 179 Å². The fraction of sp³-hybridized carbons (Fsp3) is 0.474. The minimum atomic E-state index is -4.59. The number of alkyl carbamates (subject to hydrolysis) is 1. The Bertz CT molecular complexity index is 1110. The number of halogens is 4. The first kappa shape index (κ1) is 21.8. The van der Waals surface area contributed by atoms with Crippen LogP contribution in [0.15, 0.2) is 24.5 Å². The van der Waals surface area contributed by atoms with Crippen LogP contribution in [-0.2, 0) is 10.9 Å². The minimum absolute atomic E-state index is 0.109. The van der Waals surface area contributed by atoms with E-state index in [1.54, 1.807) is 19.9 Å². The van der Waals surface area contributed by atoms with E-state index >= 15 is 0 Å². The Kier molecular flexibility index (Phi) is 5.65. The van der Waals surface area contributed by atoms with Crippen LogP contribution in [0.1, 0.15) is 44.0 Å². The van der Waals surface area contributed by atoms with Gasteiger partial charge in [-0.15, -0.1) is 0 Å². The number of aromatic amines is 1. The van der Waals surface area contributed by atoms with Gasteiger partial charge in [-0.05, 0) is 26.7 Å². The lowest BCUT2D eigenvalue weighted by Gasteiger charge is -2.18. The molecule has 172 valence electrons. The van der Waals surface area contributed by atoms with E-state index in [4.69, 9.17) is 4.74 Å². The normalized spacial score (nSPS) is 21.3. The summed E-state index contributed by atoms with van der Waals surface area (Å²) in [6.45, 7) is 3.54. The van der Waals surface area contributed by atoms with Gasteiger partial charge in [0.15, 0.2) is 17.3 Å². The average Bonchev–Trinajstić information content (AvgIpc) is 3.40. The molecule has 1 aliphatic rings. The molecule has 32 heavy (non-hydrogen) atoms. The second kappa shape index (κ2) is 8.28. The van der Waals surface area contributed by atoms with Crippen LogP contribution >= 0.6 is 0 Å². The third-order valence-electron chi connectivity index (χ3n) is 5.09. The summed E-state index contributed by atoms with van der Waals surface area (Å²) in [5.74, 6) is -0.196. The van der Waals surface area contributed by atoms with Crippen molar-refractivity contribution in [1.29, 1.82) is 0 Å². The molecule has 13 heteroatoms. The maximum Gasteiger partial charge on any atom is 0.435 e. The summed E-state index contributed by atoms with van der Waals surface area (Å²) in [6, 6.07) is 2.31. The number of hydrogen-bond donors (Lipinski definition) is 3. The van der Waals surface area contributed by atoms with Gasteiger partial charge in [-0.25, -0.2) is 18.7 Å². The second-order valence-electron chi connectivity index (χ2n) is 7.84. The topological polar surface area (TPSA) is 109 Å². The van der Waals surface area contributed by atoms with Crippen molar-refractivity contribution in [2.45, 2.75) is 57.1 Å². The van der Waals surface area contributed by atoms with Gasteiger partial charge in [0, 0.05) is 42.2 Å². The summed E-state index contributed by atoms with van der Waals surface area (Å²) in [6.07, 6.45) is -4.16. The van der Waals surface area contributed by atoms with Crippen LogP contribution in [0.4, 0.5) is 34.0 Å². The van der Waals surface area contributed by atoms with Gasteiger partial charge in [0.1, 0.15) is 17.8 Å². The molecule has 1 aliphatic carbocycles. The first-order valence-electron chi connectivity index (χ1n) is 9.97. The van der Waals surface area contributed by atoms with Crippen molar-refractivity contribution in [3.05, 3.63) is 35.9 Å². The third-order valence-corrected chi connectivity index (χ3v) is 5.09. The molecule has 4 rings (SSSR count). The van der Waals surface area contributed by atoms with Crippen molar-refractivity contribution in [3.63, 3.8) is 0 Å². The Morgan fingerprint density at radius 3 is 2.81 bits per heavy atom. The van der Waals surface area contributed by atoms with Crippen LogP contribution in [0.3, 0.4) is 0 Å². The Morgan fingerprint density at radius 1 is 1.31 bits per heavy atom. The summed E-state index contributed by atoms with van der Waals surface area (Å²) in [5, 5.41) is 15.7. The second-order valence-corrected chi connectivity index (χ2v) is 7.84. The van der Waals surface area contributed by atoms with Gasteiger partial charge in [-0.1, -0.05) is 0 Å². The van der Waals surface area contributed by atoms with E-state index in [9.17, 15) is 22.4 Å². The highest BCUT2D eigenvalue weighted by Crippen LogP contribution is 2.39. The molecule has 0 aliphatic heterocycles. The number of carbonyl (C=O) groups is 1. The van der Waals surface area contributed by atoms with Gasteiger partial charge in [-0.2, -0.15) is 23.4 Å². The number of ether oxygens (including phenoxy) is 1. The molecule has 3 aromatic heterocycles. The zero-order valence-electron chi connectivity index (χ0n) is 17.2. The van der Waals surface area contributed by atoms with E-state index in [2.05, 4.69) is 30.9 Å². The van der Waals surface area contributed by atoms with Gasteiger partial charge in [0.2, 0.25) is 0 Å². The number of hydrogen-bond acceptors (Lipinski definition) is 6. The zero-order valence-corrected chi connectivity index (χ0v) is 17.2. The molecule has 0 spiro atoms. The molecule has 1 saturated carbocycles. The summed E-state index contributed by atoms with van der Waals surface area (Å²) < 4.78 is 60.0. The lowest BCUT2D eigenvalue weighted by atomic mass is 10.0. The van der Waals surface area contributed by atoms with E-state index in [1.807, 2.05) is 0 Å². The molecule has 3 atom stereocenters. The minimum Gasteiger partial charge on any atom is -0.443 e. The summed E-state index contributed by atoms with van der Waals surface area (Å²) in [4.78, 5) is 15.8. The van der Waals surface area contributed by atoms with Gasteiger partial charge in [0.25, 0.3) is 0 Å². The number of anilines is 2. The smallest absolute Gasteiger partial charge is 0.435 e. The molecule has 1 amide bonds. The Hall–Kier alpha value is -3.38. The van der Waals surface area contributed by atoms with Crippen molar-refractivity contribution in [1.82, 2.24) is 30.1 Å². The Balaban J connectivity index is 1.47. The summed E-state index contributed by atoms with van der Waals surface area (Å²) in [7, 11) is 0. The van der Waals surface area contributed by atoms with Crippen LogP contribution < -0.4 is 10.6 Å². The first-order chi connectivity index (χ1) is 15.1. The lowest BCUT2D eigenvalue weighted by molar-refractivity contribution is -0.141. The maximum absolute atomic E-state index is 14.9. The molecular formula is C19H21F4N7O2. The van der Waals surface area contributed by atoms with Gasteiger partial charge in [0.05, 0.1) is 0 Å². The third kappa shape index (κ3) is 4.46. The van der Waals surface area contributed by atoms with Crippen LogP contribution in [0.25, 0.3) is 5.52 Å². The molecule has 0 unspecified atom stereocenters. The lowest BCUT2D eigenvalue weighted by Crippen LogP contribution is -2.36. The fourth-order valence-corrected chi connectivity index (χ4v) is 3.65. The van der Waals surface area contributed by atoms with E-state index in [1.165, 1.54) is 12.4 Å². The van der Waals surface area contributed by atoms with Crippen molar-refractivity contribution in [2.24, 2.45) is 0 Å². The predicted octanol–water partition coefficient (Wildman–Crippen LogP) is 3.93. The average molecular weight is 455 g/mol. The number of aromatic nitrogens is 5. The monoisotopic (exact) mass is 455 g/mol. The van der Waals surface area contributed by atoms with Crippen molar-refractivity contribution >= 4 is 23.2 Å². The number of H-pyrrole nitrogens is 1. The first-order valence-corrected chi connectivity index (χ1v) is 9.97. The molecule has 0 aromatic carbocycles. The highest BCUT2D eigenvalue weighted by Gasteiger charge is 2.41. The number of fused-ring (bicyclic) bond motifs is 1. The van der Waals surface area contributed by atoms with Crippen LogP contribution in [0.5, 0.6) is 0 Å². The van der Waals surface area contributed by atoms with E-state index in [0.717, 1.165) is 10.6 Å². The Morgan fingerprint density at radius 2 is 2.09 bits per heavy atom. The SMILES string of the molecule is CC(C)NC(=O)O[C@@H]1CC[C@H](c2cc(Nc3nccn4nc(C(F)(F)F)cc34)n[nH]2)[C@@H]1F. The predicted molar refractivity (Wildman–Crippen MR) is 105 cm³/mol. The van der Waals surface area contributed by atoms with Crippen molar-refractivity contribution in [2.75, 3.05) is 5.32 Å². The summed E-state index contributed by atoms with van der Waals surface area (Å²) in [5.41, 5.74) is -0.458. The number of carbonyl (C=O) groups excluding carboxylic acids is 1. The van der Waals surface area contributed by atoms with Crippen LogP contribution in [-0.4, -0.2) is 49.2 Å². The highest BCUT2D eigenvalue weighted by atomic mass is 19.4. The fourth-order valence-electron chi connectivity index (χ4n) is 3.65. The van der Waals surface area contributed by atoms with Crippen LogP contribution in [0, 0.1) is 0 Å². The van der Waals surface area contributed by atoms with E-state index < -0.39 is 36.2 Å². The summed E-state index contributed by atoms with van der Waals surface area (Å²) >= 11 is 0. The van der Waals surface area contributed by atoms with Crippen molar-refractivity contribution < 1.29 is 27.1 Å². The standard InChI is InChI=1S/C19H21F4N7O2/c1-9(2)25-18(31)32-13-4-3-10(16(13)20)11-7-15(28-27-11)26-17-12-8-14(19(21,22)23)29-30(12)6-5-24-17/h5-10,13,16H,3-4H2,1-2H3,(H,25,31)(H2,24,26,27,28)/t10-,13-,16+/m1/s1. The number of nitrogens with zero attached hydrogens (tertiary/aromatic N) is 4. The van der Waals surface area contributed by atoms with Gasteiger partial charge in [-0.3, -0.25) is 5.10 Å².